The Balaban J connectivity index is 1.66. The minimum absolute atomic E-state index is 0.257. The fourth-order valence-electron chi connectivity index (χ4n) is 3.13. The SMILES string of the molecule is O=C1/C(=C/c2ccco2)N=C2C(c3cncc(Cl)c3)=NC(c3ccccc3)=CN12. The minimum Gasteiger partial charge on any atom is -0.465 e. The first kappa shape index (κ1) is 17.3. The third-order valence-electron chi connectivity index (χ3n) is 4.46. The number of amidine groups is 1. The van der Waals surface area contributed by atoms with Crippen LogP contribution in [0.25, 0.3) is 11.8 Å². The van der Waals surface area contributed by atoms with Crippen LogP contribution in [0.1, 0.15) is 16.9 Å². The lowest BCUT2D eigenvalue weighted by atomic mass is 10.1. The topological polar surface area (TPSA) is 71.1 Å². The van der Waals surface area contributed by atoms with Gasteiger partial charge >= 0.3 is 0 Å². The van der Waals surface area contributed by atoms with E-state index in [0.29, 0.717) is 33.6 Å². The summed E-state index contributed by atoms with van der Waals surface area (Å²) in [5.74, 6) is 0.719. The molecular weight excluding hydrogens is 388 g/mol. The lowest BCUT2D eigenvalue weighted by Gasteiger charge is -2.21. The van der Waals surface area contributed by atoms with E-state index in [2.05, 4.69) is 9.98 Å². The molecule has 6 nitrogen and oxygen atoms in total. The van der Waals surface area contributed by atoms with Gasteiger partial charge in [0.15, 0.2) is 5.84 Å². The van der Waals surface area contributed by atoms with Gasteiger partial charge < -0.3 is 4.42 Å². The highest BCUT2D eigenvalue weighted by molar-refractivity contribution is 6.53. The van der Waals surface area contributed by atoms with Crippen LogP contribution >= 0.6 is 11.6 Å². The molecular formula is C22H13ClN4O2. The molecule has 2 aliphatic heterocycles. The number of furan rings is 1. The van der Waals surface area contributed by atoms with E-state index >= 15 is 0 Å². The molecule has 0 fully saturated rings. The van der Waals surface area contributed by atoms with E-state index in [9.17, 15) is 4.79 Å². The first-order valence-electron chi connectivity index (χ1n) is 8.84. The standard InChI is InChI=1S/C22H13ClN4O2/c23-16-9-15(11-24-12-16)20-21-26-18(10-17-7-4-8-29-17)22(28)27(21)13-19(25-20)14-5-2-1-3-6-14/h1-13H/b18-10-. The Bertz CT molecular complexity index is 1220. The molecule has 2 aliphatic rings. The van der Waals surface area contributed by atoms with Crippen molar-refractivity contribution in [1.29, 1.82) is 0 Å². The highest BCUT2D eigenvalue weighted by Crippen LogP contribution is 2.29. The summed E-state index contributed by atoms with van der Waals surface area (Å²) in [7, 11) is 0. The van der Waals surface area contributed by atoms with E-state index in [1.54, 1.807) is 49.1 Å². The summed E-state index contributed by atoms with van der Waals surface area (Å²) >= 11 is 6.14. The maximum absolute atomic E-state index is 13.0. The second kappa shape index (κ2) is 7.00. The fraction of sp³-hybridized carbons (Fsp3) is 0. The number of carbonyl (C=O) groups is 1. The number of pyridine rings is 1. The summed E-state index contributed by atoms with van der Waals surface area (Å²) in [5, 5.41) is 0.476. The molecule has 5 rings (SSSR count). The zero-order chi connectivity index (χ0) is 19.8. The molecule has 140 valence electrons. The first-order valence-corrected chi connectivity index (χ1v) is 9.21. The number of aliphatic imine (C=N–C) groups is 2. The van der Waals surface area contributed by atoms with Crippen molar-refractivity contribution in [2.75, 3.05) is 0 Å². The quantitative estimate of drug-likeness (QED) is 0.611. The number of halogens is 1. The van der Waals surface area contributed by atoms with Gasteiger partial charge in [-0.3, -0.25) is 14.7 Å². The van der Waals surface area contributed by atoms with Crippen LogP contribution in [0.4, 0.5) is 0 Å². The van der Waals surface area contributed by atoms with E-state index in [4.69, 9.17) is 21.0 Å². The first-order chi connectivity index (χ1) is 14.2. The number of aromatic nitrogens is 1. The van der Waals surface area contributed by atoms with Crippen LogP contribution in [0.3, 0.4) is 0 Å². The number of hydrogen-bond acceptors (Lipinski definition) is 5. The van der Waals surface area contributed by atoms with Gasteiger partial charge in [0.1, 0.15) is 17.2 Å². The summed E-state index contributed by atoms with van der Waals surface area (Å²) in [5.41, 5.74) is 3.00. The van der Waals surface area contributed by atoms with Crippen LogP contribution in [0.5, 0.6) is 0 Å². The fourth-order valence-corrected chi connectivity index (χ4v) is 3.30. The van der Waals surface area contributed by atoms with Crippen LogP contribution in [-0.4, -0.2) is 27.3 Å². The van der Waals surface area contributed by atoms with Gasteiger partial charge in [-0.05, 0) is 18.2 Å². The van der Waals surface area contributed by atoms with Crippen molar-refractivity contribution in [2.24, 2.45) is 9.98 Å². The number of rotatable bonds is 3. The molecule has 1 amide bonds. The Hall–Kier alpha value is -3.77. The zero-order valence-electron chi connectivity index (χ0n) is 15.0. The van der Waals surface area contributed by atoms with Crippen molar-refractivity contribution in [1.82, 2.24) is 9.88 Å². The van der Waals surface area contributed by atoms with Crippen LogP contribution in [0, 0.1) is 0 Å². The number of benzene rings is 1. The second-order valence-electron chi connectivity index (χ2n) is 6.39. The van der Waals surface area contributed by atoms with E-state index in [0.717, 1.165) is 5.56 Å². The Morgan fingerprint density at radius 1 is 1.00 bits per heavy atom. The van der Waals surface area contributed by atoms with Gasteiger partial charge in [0.2, 0.25) is 0 Å². The number of hydrogen-bond donors (Lipinski definition) is 0. The number of carbonyl (C=O) groups excluding carboxylic acids is 1. The van der Waals surface area contributed by atoms with Gasteiger partial charge in [-0.25, -0.2) is 9.98 Å². The van der Waals surface area contributed by atoms with E-state index in [1.807, 2.05) is 30.3 Å². The van der Waals surface area contributed by atoms with Gasteiger partial charge in [0, 0.05) is 35.8 Å². The minimum atomic E-state index is -0.257. The molecule has 0 bridgehead atoms. The lowest BCUT2D eigenvalue weighted by Crippen LogP contribution is -2.35. The van der Waals surface area contributed by atoms with E-state index < -0.39 is 0 Å². The third kappa shape index (κ3) is 3.19. The molecule has 0 N–H and O–H groups in total. The average Bonchev–Trinajstić information content (AvgIpc) is 3.37. The molecule has 0 spiro atoms. The molecule has 0 unspecified atom stereocenters. The molecule has 0 radical (unpaired) electrons. The monoisotopic (exact) mass is 400 g/mol. The molecule has 3 aromatic rings. The Morgan fingerprint density at radius 3 is 2.62 bits per heavy atom. The zero-order valence-corrected chi connectivity index (χ0v) is 15.7. The normalized spacial score (nSPS) is 17.1. The van der Waals surface area contributed by atoms with Crippen LogP contribution in [0.15, 0.2) is 93.5 Å². The molecule has 4 heterocycles. The Kier molecular flexibility index (Phi) is 4.18. The van der Waals surface area contributed by atoms with Gasteiger partial charge in [0.05, 0.1) is 17.0 Å². The maximum Gasteiger partial charge on any atom is 0.282 e. The molecule has 7 heteroatoms. The predicted octanol–water partition coefficient (Wildman–Crippen LogP) is 4.41. The van der Waals surface area contributed by atoms with E-state index in [1.165, 1.54) is 4.90 Å². The Morgan fingerprint density at radius 2 is 1.86 bits per heavy atom. The highest BCUT2D eigenvalue weighted by atomic mass is 35.5. The van der Waals surface area contributed by atoms with Crippen LogP contribution < -0.4 is 0 Å². The smallest absolute Gasteiger partial charge is 0.282 e. The van der Waals surface area contributed by atoms with Gasteiger partial charge in [0.25, 0.3) is 5.91 Å². The summed E-state index contributed by atoms with van der Waals surface area (Å²) in [6.07, 6.45) is 8.05. The van der Waals surface area contributed by atoms with Crippen molar-refractivity contribution >= 4 is 40.8 Å². The maximum atomic E-state index is 13.0. The number of nitrogens with zero attached hydrogens (tertiary/aromatic N) is 4. The summed E-state index contributed by atoms with van der Waals surface area (Å²) in [4.78, 5) is 28.0. The summed E-state index contributed by atoms with van der Waals surface area (Å²) in [6, 6.07) is 14.9. The second-order valence-corrected chi connectivity index (χ2v) is 6.82. The lowest BCUT2D eigenvalue weighted by molar-refractivity contribution is -0.120. The molecule has 0 aliphatic carbocycles. The summed E-state index contributed by atoms with van der Waals surface area (Å²) in [6.45, 7) is 0. The average molecular weight is 401 g/mol. The van der Waals surface area contributed by atoms with Gasteiger partial charge in [-0.15, -0.1) is 0 Å². The third-order valence-corrected chi connectivity index (χ3v) is 4.66. The van der Waals surface area contributed by atoms with Crippen molar-refractivity contribution < 1.29 is 9.21 Å². The van der Waals surface area contributed by atoms with Gasteiger partial charge in [-0.1, -0.05) is 41.9 Å². The molecule has 1 aromatic carbocycles. The molecule has 0 saturated carbocycles. The molecule has 0 atom stereocenters. The highest BCUT2D eigenvalue weighted by Gasteiger charge is 2.36. The van der Waals surface area contributed by atoms with Crippen molar-refractivity contribution in [3.63, 3.8) is 0 Å². The van der Waals surface area contributed by atoms with Crippen LogP contribution in [-0.2, 0) is 4.79 Å². The van der Waals surface area contributed by atoms with Crippen molar-refractivity contribution in [3.8, 4) is 0 Å². The number of amides is 1. The predicted molar refractivity (Wildman–Crippen MR) is 111 cm³/mol. The van der Waals surface area contributed by atoms with Crippen LogP contribution in [0.2, 0.25) is 5.02 Å². The molecule has 29 heavy (non-hydrogen) atoms. The van der Waals surface area contributed by atoms with E-state index in [-0.39, 0.29) is 11.6 Å². The number of fused-ring (bicyclic) bond motifs is 1. The molecule has 0 saturated heterocycles. The Labute approximate surface area is 171 Å². The van der Waals surface area contributed by atoms with Gasteiger partial charge in [-0.2, -0.15) is 0 Å². The largest absolute Gasteiger partial charge is 0.465 e. The van der Waals surface area contributed by atoms with Crippen molar-refractivity contribution in [2.45, 2.75) is 0 Å². The summed E-state index contributed by atoms with van der Waals surface area (Å²) < 4.78 is 5.33. The van der Waals surface area contributed by atoms with Crippen molar-refractivity contribution in [3.05, 3.63) is 101 Å². The molecule has 2 aromatic heterocycles.